The summed E-state index contributed by atoms with van der Waals surface area (Å²) in [5, 5.41) is 0. The third kappa shape index (κ3) is 3.31. The first-order chi connectivity index (χ1) is 15.6. The van der Waals surface area contributed by atoms with Gasteiger partial charge in [0.25, 0.3) is 0 Å². The lowest BCUT2D eigenvalue weighted by atomic mass is 9.83. The third-order valence-corrected chi connectivity index (χ3v) is 6.98. The number of epoxide rings is 2. The van der Waals surface area contributed by atoms with Gasteiger partial charge >= 0.3 is 17.9 Å². The van der Waals surface area contributed by atoms with Gasteiger partial charge in [-0.1, -0.05) is 6.58 Å². The molecule has 0 spiro atoms. The SMILES string of the molecule is C=C(C=O)[C@H]1Cc2oc(cc2C(=O)OC)[C@H]2O[C@]2(C)C[C@@H]2OC(=O)[C@]3(O[C@@H]23)[C@H](OC(C)=O)C1. The second-order valence-electron chi connectivity index (χ2n) is 9.19. The summed E-state index contributed by atoms with van der Waals surface area (Å²) in [7, 11) is 1.26. The Balaban J connectivity index is 1.59. The zero-order valence-corrected chi connectivity index (χ0v) is 18.5. The lowest BCUT2D eigenvalue weighted by Gasteiger charge is -2.25. The number of esters is 3. The van der Waals surface area contributed by atoms with E-state index in [1.807, 2.05) is 6.92 Å². The van der Waals surface area contributed by atoms with E-state index >= 15 is 0 Å². The van der Waals surface area contributed by atoms with Crippen molar-refractivity contribution < 1.29 is 47.3 Å². The fourth-order valence-electron chi connectivity index (χ4n) is 5.14. The summed E-state index contributed by atoms with van der Waals surface area (Å²) < 4.78 is 33.8. The number of ether oxygens (including phenoxy) is 5. The van der Waals surface area contributed by atoms with Crippen molar-refractivity contribution in [1.29, 1.82) is 0 Å². The van der Waals surface area contributed by atoms with Crippen LogP contribution >= 0.6 is 0 Å². The zero-order valence-electron chi connectivity index (χ0n) is 18.5. The average molecular weight is 460 g/mol. The maximum atomic E-state index is 12.9. The highest BCUT2D eigenvalue weighted by Crippen LogP contribution is 2.59. The molecule has 0 amide bonds. The van der Waals surface area contributed by atoms with Gasteiger partial charge in [0.1, 0.15) is 53.4 Å². The van der Waals surface area contributed by atoms with Gasteiger partial charge in [0.15, 0.2) is 0 Å². The van der Waals surface area contributed by atoms with E-state index in [1.165, 1.54) is 14.0 Å². The van der Waals surface area contributed by atoms with Gasteiger partial charge in [-0.15, -0.1) is 0 Å². The molecule has 3 fully saturated rings. The number of methoxy groups -OCH3 is 1. The van der Waals surface area contributed by atoms with Crippen molar-refractivity contribution in [2.75, 3.05) is 7.11 Å². The Bertz CT molecular complexity index is 1070. The summed E-state index contributed by atoms with van der Waals surface area (Å²) in [4.78, 5) is 48.9. The van der Waals surface area contributed by atoms with E-state index in [1.54, 1.807) is 6.07 Å². The van der Waals surface area contributed by atoms with Crippen LogP contribution in [0, 0.1) is 5.92 Å². The summed E-state index contributed by atoms with van der Waals surface area (Å²) in [6.45, 7) is 6.90. The topological polar surface area (TPSA) is 134 Å². The first-order valence-electron chi connectivity index (χ1n) is 10.7. The number of hydrogen-bond acceptors (Lipinski definition) is 10. The molecule has 0 aliphatic carbocycles. The lowest BCUT2D eigenvalue weighted by Crippen LogP contribution is -2.42. The number of carbonyl (C=O) groups excluding carboxylic acids is 4. The van der Waals surface area contributed by atoms with Gasteiger partial charge in [-0.2, -0.15) is 0 Å². The van der Waals surface area contributed by atoms with Crippen molar-refractivity contribution in [2.45, 2.75) is 68.7 Å². The van der Waals surface area contributed by atoms with E-state index in [-0.39, 0.29) is 24.0 Å². The monoisotopic (exact) mass is 460 g/mol. The van der Waals surface area contributed by atoms with Crippen LogP contribution in [0.3, 0.4) is 0 Å². The van der Waals surface area contributed by atoms with Crippen molar-refractivity contribution in [3.05, 3.63) is 35.3 Å². The van der Waals surface area contributed by atoms with Gasteiger partial charge in [0.2, 0.25) is 5.60 Å². The average Bonchev–Trinajstić information content (AvgIpc) is 3.59. The van der Waals surface area contributed by atoms with Crippen molar-refractivity contribution in [3.8, 4) is 0 Å². The maximum Gasteiger partial charge on any atom is 0.345 e. The number of rotatable bonds is 4. The molecule has 4 bridgehead atoms. The second kappa shape index (κ2) is 7.26. The highest BCUT2D eigenvalue weighted by Gasteiger charge is 2.79. The molecule has 0 aromatic carbocycles. The Morgan fingerprint density at radius 3 is 2.70 bits per heavy atom. The Morgan fingerprint density at radius 1 is 1.30 bits per heavy atom. The van der Waals surface area contributed by atoms with Gasteiger partial charge in [-0.3, -0.25) is 9.59 Å². The molecule has 33 heavy (non-hydrogen) atoms. The minimum atomic E-state index is -1.44. The van der Waals surface area contributed by atoms with Crippen LogP contribution in [0.25, 0.3) is 0 Å². The van der Waals surface area contributed by atoms with Crippen LogP contribution in [0.4, 0.5) is 0 Å². The predicted octanol–water partition coefficient (Wildman–Crippen LogP) is 1.60. The smallest absolute Gasteiger partial charge is 0.345 e. The molecule has 5 rings (SSSR count). The van der Waals surface area contributed by atoms with Crippen molar-refractivity contribution in [3.63, 3.8) is 0 Å². The molecule has 1 aromatic rings. The van der Waals surface area contributed by atoms with E-state index in [0.717, 1.165) is 0 Å². The Morgan fingerprint density at radius 2 is 2.06 bits per heavy atom. The molecular formula is C23H24O10. The highest BCUT2D eigenvalue weighted by atomic mass is 16.7. The van der Waals surface area contributed by atoms with Crippen molar-refractivity contribution >= 4 is 24.2 Å². The first-order valence-corrected chi connectivity index (χ1v) is 10.7. The van der Waals surface area contributed by atoms with E-state index in [0.29, 0.717) is 24.2 Å². The van der Waals surface area contributed by atoms with Gasteiger partial charge in [-0.25, -0.2) is 9.59 Å². The Labute approximate surface area is 189 Å². The van der Waals surface area contributed by atoms with Crippen LogP contribution in [0.2, 0.25) is 0 Å². The summed E-state index contributed by atoms with van der Waals surface area (Å²) in [5.74, 6) is -1.69. The van der Waals surface area contributed by atoms with Gasteiger partial charge in [-0.05, 0) is 30.9 Å². The number of aldehydes is 1. The highest BCUT2D eigenvalue weighted by molar-refractivity contribution is 5.91. The van der Waals surface area contributed by atoms with E-state index in [9.17, 15) is 19.2 Å². The number of carbonyl (C=O) groups is 4. The fourth-order valence-corrected chi connectivity index (χ4v) is 5.14. The second-order valence-corrected chi connectivity index (χ2v) is 9.19. The Kier molecular flexibility index (Phi) is 4.81. The molecular weight excluding hydrogens is 436 g/mol. The number of hydrogen-bond donors (Lipinski definition) is 0. The number of allylic oxidation sites excluding steroid dienone is 1. The van der Waals surface area contributed by atoms with Crippen LogP contribution in [-0.2, 0) is 44.5 Å². The molecule has 5 heterocycles. The van der Waals surface area contributed by atoms with Crippen LogP contribution in [0.1, 0.15) is 54.7 Å². The van der Waals surface area contributed by atoms with E-state index < -0.39 is 59.4 Å². The first kappa shape index (κ1) is 21.8. The van der Waals surface area contributed by atoms with Crippen LogP contribution in [0.5, 0.6) is 0 Å². The van der Waals surface area contributed by atoms with Gasteiger partial charge < -0.3 is 28.1 Å². The van der Waals surface area contributed by atoms with Crippen molar-refractivity contribution in [2.24, 2.45) is 5.92 Å². The molecule has 1 aromatic heterocycles. The van der Waals surface area contributed by atoms with Crippen molar-refractivity contribution in [1.82, 2.24) is 0 Å². The molecule has 176 valence electrons. The molecule has 4 aliphatic heterocycles. The van der Waals surface area contributed by atoms with Crippen LogP contribution in [0.15, 0.2) is 22.6 Å². The van der Waals surface area contributed by atoms with E-state index in [4.69, 9.17) is 28.1 Å². The molecule has 10 nitrogen and oxygen atoms in total. The number of fused-ring (bicyclic) bond motifs is 4. The third-order valence-electron chi connectivity index (χ3n) is 6.98. The van der Waals surface area contributed by atoms with Gasteiger partial charge in [0, 0.05) is 19.8 Å². The molecule has 4 aliphatic rings. The van der Waals surface area contributed by atoms with Crippen LogP contribution < -0.4 is 0 Å². The van der Waals surface area contributed by atoms with E-state index in [2.05, 4.69) is 6.58 Å². The largest absolute Gasteiger partial charge is 0.465 e. The zero-order chi connectivity index (χ0) is 23.7. The van der Waals surface area contributed by atoms with Gasteiger partial charge in [0.05, 0.1) is 7.11 Å². The summed E-state index contributed by atoms with van der Waals surface area (Å²) >= 11 is 0. The minimum Gasteiger partial charge on any atom is -0.465 e. The molecule has 10 heteroatoms. The Hall–Kier alpha value is -2.98. The molecule has 0 saturated carbocycles. The summed E-state index contributed by atoms with van der Waals surface area (Å²) in [6, 6.07) is 1.58. The van der Waals surface area contributed by atoms with Crippen LogP contribution in [-0.4, -0.2) is 60.8 Å². The predicted molar refractivity (Wildman–Crippen MR) is 107 cm³/mol. The molecule has 0 radical (unpaired) electrons. The normalized spacial score (nSPS) is 38.3. The molecule has 3 saturated heterocycles. The summed E-state index contributed by atoms with van der Waals surface area (Å²) in [5.41, 5.74) is -1.73. The molecule has 7 atom stereocenters. The molecule has 0 N–H and O–H groups in total. The fraction of sp³-hybridized carbons (Fsp3) is 0.565. The number of furan rings is 1. The summed E-state index contributed by atoms with van der Waals surface area (Å²) in [6.07, 6.45) is -1.62. The maximum absolute atomic E-state index is 12.9. The quantitative estimate of drug-likeness (QED) is 0.214. The minimum absolute atomic E-state index is 0.0450. The lowest BCUT2D eigenvalue weighted by molar-refractivity contribution is -0.165. The molecule has 0 unspecified atom stereocenters. The standard InChI is InChI=1S/C23H24O10/c1-10(9-24)12-5-14-13(20(26)28-4)7-15(30-14)18-22(3,32-18)8-16-19-23(33-19,21(27)31-16)17(6-12)29-11(2)25/h7,9,12,16-19H,1,5-6,8H2,2-4H3/t12-,16-,17+,18+,19-,22+,23-/m0/s1.